The Morgan fingerprint density at radius 3 is 2.32 bits per heavy atom. The summed E-state index contributed by atoms with van der Waals surface area (Å²) in [4.78, 5) is 12.0. The third-order valence-corrected chi connectivity index (χ3v) is 5.29. The van der Waals surface area contributed by atoms with Gasteiger partial charge in [0.25, 0.3) is 15.9 Å². The summed E-state index contributed by atoms with van der Waals surface area (Å²) in [6.07, 6.45) is -5.16. The lowest BCUT2D eigenvalue weighted by molar-refractivity contribution is -0.245. The molecule has 2 aromatic rings. The van der Waals surface area contributed by atoms with Crippen molar-refractivity contribution in [2.24, 2.45) is 7.05 Å². The number of anilines is 1. The van der Waals surface area contributed by atoms with E-state index in [2.05, 4.69) is 5.32 Å². The quantitative estimate of drug-likeness (QED) is 0.397. The molecule has 31 heavy (non-hydrogen) atoms. The van der Waals surface area contributed by atoms with Crippen LogP contribution in [0.2, 0.25) is 0 Å². The van der Waals surface area contributed by atoms with E-state index < -0.39 is 60.7 Å². The first-order valence-electron chi connectivity index (χ1n) is 7.86. The minimum Gasteiger partial charge on any atom is -0.328 e. The number of alkyl halides is 3. The van der Waals surface area contributed by atoms with E-state index in [1.54, 1.807) is 0 Å². The zero-order chi connectivity index (χ0) is 23.7. The molecule has 0 saturated carbocycles. The van der Waals surface area contributed by atoms with E-state index in [0.29, 0.717) is 11.6 Å². The summed E-state index contributed by atoms with van der Waals surface area (Å²) in [5.41, 5.74) is -2.58. The maximum Gasteiger partial charge on any atom is 0.473 e. The molecule has 1 heterocycles. The van der Waals surface area contributed by atoms with Gasteiger partial charge < -0.3 is 9.88 Å². The Balaban J connectivity index is 2.53. The molecule has 0 fully saturated rings. The van der Waals surface area contributed by atoms with Crippen molar-refractivity contribution in [2.45, 2.75) is 11.2 Å². The molecule has 15 heteroatoms. The molecule has 1 aromatic carbocycles. The Morgan fingerprint density at radius 2 is 1.81 bits per heavy atom. The van der Waals surface area contributed by atoms with E-state index in [-0.39, 0.29) is 5.69 Å². The van der Waals surface area contributed by atoms with Gasteiger partial charge in [0, 0.05) is 19.8 Å². The van der Waals surface area contributed by atoms with Crippen molar-refractivity contribution >= 4 is 21.6 Å². The fourth-order valence-electron chi connectivity index (χ4n) is 2.40. The number of sulfonamides is 1. The van der Waals surface area contributed by atoms with Crippen molar-refractivity contribution < 1.29 is 35.2 Å². The number of nitrogens with zero attached hydrogens (tertiary/aromatic N) is 4. The minimum absolute atomic E-state index is 0.165. The Hall–Kier alpha value is -3.53. The number of hydrogen-bond donors (Lipinski definition) is 2. The zero-order valence-electron chi connectivity index (χ0n) is 15.5. The number of hydrazine groups is 1. The number of rotatable bonds is 5. The Kier molecular flexibility index (Phi) is 6.36. The van der Waals surface area contributed by atoms with Crippen LogP contribution in [-0.2, 0) is 17.1 Å². The topological polar surface area (TPSA) is 131 Å². The third kappa shape index (κ3) is 4.64. The van der Waals surface area contributed by atoms with Gasteiger partial charge in [-0.1, -0.05) is 0 Å². The van der Waals surface area contributed by atoms with Gasteiger partial charge in [-0.15, -0.1) is 9.84 Å². The van der Waals surface area contributed by atoms with Gasteiger partial charge >= 0.3 is 6.30 Å². The number of nitrogens with one attached hydrogen (secondary N) is 2. The summed E-state index contributed by atoms with van der Waals surface area (Å²) >= 11 is 0. The molecule has 0 atom stereocenters. The van der Waals surface area contributed by atoms with Gasteiger partial charge in [-0.05, 0) is 18.2 Å². The molecule has 0 unspecified atom stereocenters. The third-order valence-electron chi connectivity index (χ3n) is 3.86. The van der Waals surface area contributed by atoms with Gasteiger partial charge in [0.05, 0.1) is 5.56 Å². The maximum absolute atomic E-state index is 14.9. The van der Waals surface area contributed by atoms with Crippen LogP contribution < -0.4 is 10.1 Å². The second-order valence-corrected chi connectivity index (χ2v) is 7.49. The summed E-state index contributed by atoms with van der Waals surface area (Å²) in [5.74, 6) is -3.99. The predicted octanol–water partition coefficient (Wildman–Crippen LogP) is 1.94. The average molecular weight is 462 g/mol. The first-order chi connectivity index (χ1) is 14.2. The predicted molar refractivity (Wildman–Crippen MR) is 93.3 cm³/mol. The molecule has 0 radical (unpaired) electrons. The van der Waals surface area contributed by atoms with Crippen molar-refractivity contribution in [2.75, 3.05) is 12.4 Å². The fourth-order valence-corrected chi connectivity index (χ4v) is 3.73. The Bertz CT molecular complexity index is 1240. The van der Waals surface area contributed by atoms with E-state index in [4.69, 9.17) is 5.26 Å². The molecule has 0 aliphatic rings. The fraction of sp³-hybridized carbons (Fsp3) is 0.188. The molecule has 2 N–H and O–H groups in total. The Labute approximate surface area is 171 Å². The lowest BCUT2D eigenvalue weighted by atomic mass is 10.2. The number of halogens is 5. The number of aromatic nitrogens is 1. The normalized spacial score (nSPS) is 11.8. The first kappa shape index (κ1) is 23.7. The highest BCUT2D eigenvalue weighted by molar-refractivity contribution is 7.89. The van der Waals surface area contributed by atoms with E-state index in [1.807, 2.05) is 0 Å². The number of carbonyl (C=O) groups is 1. The van der Waals surface area contributed by atoms with Crippen molar-refractivity contribution in [1.29, 1.82) is 10.5 Å². The van der Waals surface area contributed by atoms with E-state index in [9.17, 15) is 40.4 Å². The van der Waals surface area contributed by atoms with Crippen LogP contribution in [0.25, 0.3) is 0 Å². The molecule has 1 amide bonds. The number of nitriles is 2. The highest BCUT2D eigenvalue weighted by Crippen LogP contribution is 2.27. The van der Waals surface area contributed by atoms with Gasteiger partial charge in [0.2, 0.25) is 0 Å². The number of carbonyl (C=O) groups excluding carboxylic acids is 1. The molecular weight excluding hydrogens is 451 g/mol. The molecule has 9 nitrogen and oxygen atoms in total. The molecule has 0 saturated heterocycles. The van der Waals surface area contributed by atoms with Crippen LogP contribution in [0.3, 0.4) is 0 Å². The van der Waals surface area contributed by atoms with Gasteiger partial charge in [-0.25, -0.2) is 17.2 Å². The molecular formula is C16H11F5N6O3S. The van der Waals surface area contributed by atoms with Crippen LogP contribution in [0.4, 0.5) is 27.6 Å². The largest absolute Gasteiger partial charge is 0.473 e. The minimum atomic E-state index is -5.28. The molecule has 2 rings (SSSR count). The van der Waals surface area contributed by atoms with Crippen LogP contribution in [-0.4, -0.2) is 37.2 Å². The van der Waals surface area contributed by atoms with Crippen molar-refractivity contribution in [3.05, 3.63) is 46.8 Å². The lowest BCUT2D eigenvalue weighted by Gasteiger charge is -2.20. The number of amides is 1. The second kappa shape index (κ2) is 8.31. The van der Waals surface area contributed by atoms with Crippen LogP contribution in [0.1, 0.15) is 21.7 Å². The smallest absolute Gasteiger partial charge is 0.328 e. The van der Waals surface area contributed by atoms with Crippen LogP contribution in [0, 0.1) is 34.3 Å². The van der Waals surface area contributed by atoms with E-state index in [1.165, 1.54) is 12.1 Å². The molecule has 1 aromatic heterocycles. The summed E-state index contributed by atoms with van der Waals surface area (Å²) in [7, 11) is -4.03. The molecule has 164 valence electrons. The van der Waals surface area contributed by atoms with Crippen molar-refractivity contribution in [3.63, 3.8) is 0 Å². The lowest BCUT2D eigenvalue weighted by Crippen LogP contribution is -2.48. The summed E-state index contributed by atoms with van der Waals surface area (Å²) in [6.45, 7) is 0. The van der Waals surface area contributed by atoms with Gasteiger partial charge in [0.1, 0.15) is 29.3 Å². The van der Waals surface area contributed by atoms with E-state index in [0.717, 1.165) is 30.1 Å². The number of benzene rings is 1. The van der Waals surface area contributed by atoms with Gasteiger partial charge in [-0.3, -0.25) is 4.79 Å². The Morgan fingerprint density at radius 1 is 1.19 bits per heavy atom. The average Bonchev–Trinajstić information content (AvgIpc) is 2.92. The molecule has 0 spiro atoms. The molecule has 0 bridgehead atoms. The highest BCUT2D eigenvalue weighted by atomic mass is 32.2. The molecule has 0 aliphatic carbocycles. The SMILES string of the molecule is CN(NS(=O)(=O)c1c(F)c(C(=O)Nc2ccc(F)c(C#N)c2)n(C)c1C#N)C(F)(F)F. The summed E-state index contributed by atoms with van der Waals surface area (Å²) in [6, 6.07) is 5.61. The number of hydrogen-bond acceptors (Lipinski definition) is 6. The second-order valence-electron chi connectivity index (χ2n) is 5.89. The summed E-state index contributed by atoms with van der Waals surface area (Å²) < 4.78 is 91.3. The monoisotopic (exact) mass is 462 g/mol. The molecule has 0 aliphatic heterocycles. The van der Waals surface area contributed by atoms with Gasteiger partial charge in [0.15, 0.2) is 10.7 Å². The summed E-state index contributed by atoms with van der Waals surface area (Å²) in [5, 5.41) is 19.3. The first-order valence-corrected chi connectivity index (χ1v) is 9.35. The standard InChI is InChI=1S/C16H11F5N6O3S/c1-26-11(7-23)14(31(29,30)25-27(2)16(19,20)21)12(18)13(26)15(28)24-9-3-4-10(17)8(5-9)6-22/h3-5,25H,1-2H3,(H,24,28). The highest BCUT2D eigenvalue weighted by Gasteiger charge is 2.40. The van der Waals surface area contributed by atoms with Crippen LogP contribution in [0.15, 0.2) is 23.1 Å². The van der Waals surface area contributed by atoms with Crippen molar-refractivity contribution in [3.8, 4) is 12.1 Å². The van der Waals surface area contributed by atoms with Crippen LogP contribution >= 0.6 is 0 Å². The van der Waals surface area contributed by atoms with Gasteiger partial charge in [-0.2, -0.15) is 23.7 Å². The van der Waals surface area contributed by atoms with E-state index >= 15 is 0 Å². The maximum atomic E-state index is 14.9. The van der Waals surface area contributed by atoms with Crippen LogP contribution in [0.5, 0.6) is 0 Å². The zero-order valence-corrected chi connectivity index (χ0v) is 16.4. The van der Waals surface area contributed by atoms with Crippen molar-refractivity contribution in [1.82, 2.24) is 14.4 Å².